The van der Waals surface area contributed by atoms with Crippen LogP contribution < -0.4 is 0 Å². The van der Waals surface area contributed by atoms with Gasteiger partial charge in [0.1, 0.15) is 0 Å². The lowest BCUT2D eigenvalue weighted by Crippen LogP contribution is -2.06. The largest absolute Gasteiger partial charge is 0.342 e. The molecule has 1 aromatic heterocycles. The first kappa shape index (κ1) is 10.2. The van der Waals surface area contributed by atoms with E-state index in [4.69, 9.17) is 0 Å². The molecule has 0 fully saturated rings. The molecule has 2 nitrogen and oxygen atoms in total. The van der Waals surface area contributed by atoms with Gasteiger partial charge in [-0.05, 0) is 60.8 Å². The molecule has 0 aliphatic heterocycles. The van der Waals surface area contributed by atoms with Crippen LogP contribution in [0.15, 0.2) is 0 Å². The summed E-state index contributed by atoms with van der Waals surface area (Å²) in [7, 11) is 2.07. The first-order valence-electron chi connectivity index (χ1n) is 4.99. The summed E-state index contributed by atoms with van der Waals surface area (Å²) in [6.07, 6.45) is 4.71. The highest BCUT2D eigenvalue weighted by Gasteiger charge is 2.23. The predicted octanol–water partition coefficient (Wildman–Crippen LogP) is 2.71. The monoisotopic (exact) mass is 303 g/mol. The first-order chi connectivity index (χ1) is 6.63. The Morgan fingerprint density at radius 3 is 2.64 bits per heavy atom. The van der Waals surface area contributed by atoms with Gasteiger partial charge in [0.25, 0.3) is 0 Å². The van der Waals surface area contributed by atoms with Crippen LogP contribution in [0.4, 0.5) is 0 Å². The van der Waals surface area contributed by atoms with Crippen LogP contribution in [0.5, 0.6) is 0 Å². The third-order valence-corrected chi connectivity index (χ3v) is 4.26. The fraction of sp³-hybridized carbons (Fsp3) is 0.545. The zero-order valence-electron chi connectivity index (χ0n) is 8.56. The lowest BCUT2D eigenvalue weighted by atomic mass is 9.94. The summed E-state index contributed by atoms with van der Waals surface area (Å²) in [6.45, 7) is 1.67. The van der Waals surface area contributed by atoms with Gasteiger partial charge in [-0.1, -0.05) is 0 Å². The summed E-state index contributed by atoms with van der Waals surface area (Å²) in [6, 6.07) is 0. The predicted molar refractivity (Wildman–Crippen MR) is 64.8 cm³/mol. The Balaban J connectivity index is 2.65. The second-order valence-corrected chi connectivity index (χ2v) is 4.94. The highest BCUT2D eigenvalue weighted by Crippen LogP contribution is 2.30. The number of ketones is 1. The molecule has 3 heteroatoms. The van der Waals surface area contributed by atoms with Gasteiger partial charge in [-0.3, -0.25) is 4.79 Å². The Morgan fingerprint density at radius 2 is 2.00 bits per heavy atom. The second kappa shape index (κ2) is 3.68. The average molecular weight is 303 g/mol. The Morgan fingerprint density at radius 1 is 1.36 bits per heavy atom. The quantitative estimate of drug-likeness (QED) is 0.577. The van der Waals surface area contributed by atoms with E-state index in [1.54, 1.807) is 6.92 Å². The molecule has 0 radical (unpaired) electrons. The van der Waals surface area contributed by atoms with Gasteiger partial charge in [-0.2, -0.15) is 0 Å². The minimum Gasteiger partial charge on any atom is -0.342 e. The van der Waals surface area contributed by atoms with Crippen molar-refractivity contribution >= 4 is 28.4 Å². The third kappa shape index (κ3) is 1.42. The number of Topliss-reactive ketones (excluding diaryl/α,β-unsaturated/α-hetero) is 1. The van der Waals surface area contributed by atoms with Crippen molar-refractivity contribution in [3.8, 4) is 0 Å². The number of halogens is 1. The highest BCUT2D eigenvalue weighted by atomic mass is 127. The molecule has 0 saturated heterocycles. The number of rotatable bonds is 1. The molecule has 0 amide bonds. The van der Waals surface area contributed by atoms with Crippen molar-refractivity contribution in [2.75, 3.05) is 0 Å². The minimum atomic E-state index is 0.216. The van der Waals surface area contributed by atoms with E-state index in [1.807, 2.05) is 0 Å². The number of hydrogen-bond donors (Lipinski definition) is 0. The van der Waals surface area contributed by atoms with Gasteiger partial charge in [0.2, 0.25) is 0 Å². The molecule has 2 rings (SSSR count). The summed E-state index contributed by atoms with van der Waals surface area (Å²) < 4.78 is 3.30. The molecule has 0 unspecified atom stereocenters. The number of hydrogen-bond acceptors (Lipinski definition) is 1. The van der Waals surface area contributed by atoms with E-state index < -0.39 is 0 Å². The van der Waals surface area contributed by atoms with Crippen molar-refractivity contribution in [1.29, 1.82) is 0 Å². The van der Waals surface area contributed by atoms with Crippen LogP contribution >= 0.6 is 22.6 Å². The average Bonchev–Trinajstić information content (AvgIpc) is 2.41. The topological polar surface area (TPSA) is 22.0 Å². The first-order valence-corrected chi connectivity index (χ1v) is 6.07. The molecule has 1 aromatic rings. The molecule has 1 heterocycles. The van der Waals surface area contributed by atoms with E-state index in [2.05, 4.69) is 34.2 Å². The molecule has 1 aliphatic carbocycles. The van der Waals surface area contributed by atoms with Crippen molar-refractivity contribution in [2.45, 2.75) is 32.6 Å². The molecular weight excluding hydrogens is 289 g/mol. The Bertz CT molecular complexity index is 392. The summed E-state index contributed by atoms with van der Waals surface area (Å²) in [5.74, 6) is 0.216. The summed E-state index contributed by atoms with van der Waals surface area (Å²) in [5, 5.41) is 0. The molecule has 0 bridgehead atoms. The van der Waals surface area contributed by atoms with Crippen LogP contribution in [-0.2, 0) is 19.9 Å². The number of fused-ring (bicyclic) bond motifs is 1. The lowest BCUT2D eigenvalue weighted by molar-refractivity contribution is 0.101. The standard InChI is InChI=1S/C11H14INO/c1-7(14)10-8-5-3-4-6-9(8)13(2)11(10)12/h3-6H2,1-2H3. The smallest absolute Gasteiger partial charge is 0.162 e. The Kier molecular flexibility index (Phi) is 2.68. The maximum absolute atomic E-state index is 11.5. The van der Waals surface area contributed by atoms with Crippen molar-refractivity contribution in [2.24, 2.45) is 7.05 Å². The van der Waals surface area contributed by atoms with Gasteiger partial charge >= 0.3 is 0 Å². The summed E-state index contributed by atoms with van der Waals surface area (Å²) in [4.78, 5) is 11.5. The van der Waals surface area contributed by atoms with E-state index in [-0.39, 0.29) is 5.78 Å². The molecule has 0 N–H and O–H groups in total. The van der Waals surface area contributed by atoms with Crippen LogP contribution in [0.25, 0.3) is 0 Å². The lowest BCUT2D eigenvalue weighted by Gasteiger charge is -2.13. The van der Waals surface area contributed by atoms with Crippen LogP contribution in [-0.4, -0.2) is 10.4 Å². The molecule has 0 spiro atoms. The zero-order chi connectivity index (χ0) is 10.3. The maximum atomic E-state index is 11.5. The van der Waals surface area contributed by atoms with Crippen molar-refractivity contribution < 1.29 is 4.79 Å². The van der Waals surface area contributed by atoms with Gasteiger partial charge in [-0.15, -0.1) is 0 Å². The minimum absolute atomic E-state index is 0.216. The third-order valence-electron chi connectivity index (χ3n) is 3.00. The fourth-order valence-corrected chi connectivity index (χ4v) is 3.29. The SMILES string of the molecule is CC(=O)c1c2c(n(C)c1I)CCCC2. The molecule has 1 aliphatic rings. The summed E-state index contributed by atoms with van der Waals surface area (Å²) in [5.41, 5.74) is 3.67. The van der Waals surface area contributed by atoms with E-state index in [0.717, 1.165) is 22.1 Å². The molecule has 0 saturated carbocycles. The van der Waals surface area contributed by atoms with Crippen LogP contribution in [0.3, 0.4) is 0 Å². The molecule has 0 atom stereocenters. The molecular formula is C11H14INO. The van der Waals surface area contributed by atoms with E-state index in [0.29, 0.717) is 0 Å². The van der Waals surface area contributed by atoms with Gasteiger partial charge in [0.15, 0.2) is 5.78 Å². The zero-order valence-corrected chi connectivity index (χ0v) is 10.7. The van der Waals surface area contributed by atoms with E-state index >= 15 is 0 Å². The van der Waals surface area contributed by atoms with Crippen LogP contribution in [0.1, 0.15) is 41.4 Å². The van der Waals surface area contributed by atoms with Crippen LogP contribution in [0.2, 0.25) is 0 Å². The number of carbonyl (C=O) groups excluding carboxylic acids is 1. The number of carbonyl (C=O) groups is 1. The number of aromatic nitrogens is 1. The maximum Gasteiger partial charge on any atom is 0.162 e. The summed E-state index contributed by atoms with van der Waals surface area (Å²) >= 11 is 2.28. The normalized spacial score (nSPS) is 15.4. The van der Waals surface area contributed by atoms with Crippen molar-refractivity contribution in [3.05, 3.63) is 20.5 Å². The van der Waals surface area contributed by atoms with E-state index in [1.165, 1.54) is 24.1 Å². The van der Waals surface area contributed by atoms with Crippen molar-refractivity contribution in [1.82, 2.24) is 4.57 Å². The highest BCUT2D eigenvalue weighted by molar-refractivity contribution is 14.1. The fourth-order valence-electron chi connectivity index (χ4n) is 2.30. The second-order valence-electron chi connectivity index (χ2n) is 3.91. The molecule has 14 heavy (non-hydrogen) atoms. The van der Waals surface area contributed by atoms with Gasteiger partial charge in [0.05, 0.1) is 9.26 Å². The van der Waals surface area contributed by atoms with Crippen molar-refractivity contribution in [3.63, 3.8) is 0 Å². The Labute approximate surface area is 97.8 Å². The molecule has 0 aromatic carbocycles. The number of nitrogens with zero attached hydrogens (tertiary/aromatic N) is 1. The Hall–Kier alpha value is -0.320. The van der Waals surface area contributed by atoms with Crippen LogP contribution in [0, 0.1) is 3.70 Å². The van der Waals surface area contributed by atoms with Gasteiger partial charge < -0.3 is 4.57 Å². The van der Waals surface area contributed by atoms with E-state index in [9.17, 15) is 4.79 Å². The van der Waals surface area contributed by atoms with Gasteiger partial charge in [0, 0.05) is 12.7 Å². The molecule has 76 valence electrons. The van der Waals surface area contributed by atoms with Gasteiger partial charge in [-0.25, -0.2) is 0 Å².